The van der Waals surface area contributed by atoms with Crippen LogP contribution < -0.4 is 10.5 Å². The van der Waals surface area contributed by atoms with E-state index < -0.39 is 11.7 Å². The van der Waals surface area contributed by atoms with Crippen LogP contribution in [0.25, 0.3) is 11.1 Å². The zero-order chi connectivity index (χ0) is 18.0. The first-order valence-electron chi connectivity index (χ1n) is 7.53. The van der Waals surface area contributed by atoms with Crippen LogP contribution >= 0.6 is 11.6 Å². The molecule has 7 nitrogen and oxygen atoms in total. The van der Waals surface area contributed by atoms with Crippen LogP contribution in [0.1, 0.15) is 17.7 Å². The zero-order valence-electron chi connectivity index (χ0n) is 13.4. The summed E-state index contributed by atoms with van der Waals surface area (Å²) >= 11 is 6.22. The Kier molecular flexibility index (Phi) is 4.76. The Labute approximate surface area is 147 Å². The third-order valence-corrected chi connectivity index (χ3v) is 3.93. The number of aromatic nitrogens is 2. The number of aryl methyl sites for hydroxylation is 2. The van der Waals surface area contributed by atoms with Crippen molar-refractivity contribution in [2.45, 2.75) is 26.5 Å². The number of hydrogen-bond acceptors (Lipinski definition) is 5. The van der Waals surface area contributed by atoms with Gasteiger partial charge < -0.3 is 14.3 Å². The Bertz CT molecular complexity index is 975. The highest BCUT2D eigenvalue weighted by Crippen LogP contribution is 2.30. The molecule has 130 valence electrons. The second-order valence-electron chi connectivity index (χ2n) is 5.51. The van der Waals surface area contributed by atoms with E-state index >= 15 is 0 Å². The van der Waals surface area contributed by atoms with Gasteiger partial charge in [-0.3, -0.25) is 14.3 Å². The molecule has 0 aliphatic carbocycles. The lowest BCUT2D eigenvalue weighted by atomic mass is 10.2. The number of fused-ring (bicyclic) bond motifs is 1. The number of carboxylic acids is 1. The number of carboxylic acid groups (broad SMARTS) is 1. The molecule has 1 aromatic carbocycles. The Balaban J connectivity index is 1.85. The number of ether oxygens (including phenoxy) is 1. The van der Waals surface area contributed by atoms with E-state index in [-0.39, 0.29) is 25.2 Å². The van der Waals surface area contributed by atoms with Gasteiger partial charge in [0.2, 0.25) is 0 Å². The summed E-state index contributed by atoms with van der Waals surface area (Å²) in [6.45, 7) is 2.17. The molecule has 25 heavy (non-hydrogen) atoms. The second-order valence-corrected chi connectivity index (χ2v) is 5.92. The van der Waals surface area contributed by atoms with Crippen molar-refractivity contribution in [1.29, 1.82) is 0 Å². The highest BCUT2D eigenvalue weighted by Gasteiger charge is 2.14. The third-order valence-electron chi connectivity index (χ3n) is 3.64. The van der Waals surface area contributed by atoms with E-state index in [1.165, 1.54) is 16.7 Å². The first-order valence-corrected chi connectivity index (χ1v) is 7.91. The number of oxazole rings is 1. The molecule has 0 saturated heterocycles. The standard InChI is InChI=1S/C17H15ClN2O5/c1-10-2-3-11(8-19-10)9-24-14-7-15-13(6-12(14)18)20(17(23)25-15)5-4-16(21)22/h2-3,6-8H,4-5,9H2,1H3,(H,21,22). The summed E-state index contributed by atoms with van der Waals surface area (Å²) in [5, 5.41) is 9.08. The van der Waals surface area contributed by atoms with Gasteiger partial charge in [-0.2, -0.15) is 0 Å². The highest BCUT2D eigenvalue weighted by atomic mass is 35.5. The van der Waals surface area contributed by atoms with E-state index in [1.54, 1.807) is 6.20 Å². The lowest BCUT2D eigenvalue weighted by Crippen LogP contribution is -2.16. The number of nitrogens with zero attached hydrogens (tertiary/aromatic N) is 2. The first kappa shape index (κ1) is 17.0. The van der Waals surface area contributed by atoms with Crippen molar-refractivity contribution in [2.75, 3.05) is 0 Å². The first-order chi connectivity index (χ1) is 11.9. The normalized spacial score (nSPS) is 11.0. The smallest absolute Gasteiger partial charge is 0.419 e. The van der Waals surface area contributed by atoms with Gasteiger partial charge >= 0.3 is 11.7 Å². The van der Waals surface area contributed by atoms with Crippen LogP contribution in [0, 0.1) is 6.92 Å². The van der Waals surface area contributed by atoms with E-state index in [0.29, 0.717) is 16.3 Å². The van der Waals surface area contributed by atoms with Gasteiger partial charge in [0.1, 0.15) is 12.4 Å². The lowest BCUT2D eigenvalue weighted by Gasteiger charge is -2.08. The number of benzene rings is 1. The van der Waals surface area contributed by atoms with E-state index in [4.69, 9.17) is 25.9 Å². The van der Waals surface area contributed by atoms with Crippen molar-refractivity contribution in [2.24, 2.45) is 0 Å². The minimum Gasteiger partial charge on any atom is -0.487 e. The Morgan fingerprint density at radius 2 is 2.20 bits per heavy atom. The van der Waals surface area contributed by atoms with Gasteiger partial charge in [0, 0.05) is 30.1 Å². The summed E-state index contributed by atoms with van der Waals surface area (Å²) in [7, 11) is 0. The van der Waals surface area contributed by atoms with Gasteiger partial charge in [-0.1, -0.05) is 17.7 Å². The van der Waals surface area contributed by atoms with Crippen LogP contribution in [0.5, 0.6) is 5.75 Å². The van der Waals surface area contributed by atoms with Crippen LogP contribution in [-0.4, -0.2) is 20.6 Å². The number of aliphatic carboxylic acids is 1. The van der Waals surface area contributed by atoms with Crippen molar-refractivity contribution < 1.29 is 19.1 Å². The summed E-state index contributed by atoms with van der Waals surface area (Å²) in [6.07, 6.45) is 1.52. The molecule has 2 aromatic heterocycles. The highest BCUT2D eigenvalue weighted by molar-refractivity contribution is 6.32. The fraction of sp³-hybridized carbons (Fsp3) is 0.235. The molecule has 8 heteroatoms. The molecule has 0 fully saturated rings. The molecule has 0 amide bonds. The molecule has 0 radical (unpaired) electrons. The largest absolute Gasteiger partial charge is 0.487 e. The topological polar surface area (TPSA) is 94.6 Å². The molecule has 1 N–H and O–H groups in total. The molecule has 3 aromatic rings. The van der Waals surface area contributed by atoms with E-state index in [9.17, 15) is 9.59 Å². The molecule has 0 aliphatic rings. The maximum Gasteiger partial charge on any atom is 0.419 e. The molecule has 3 rings (SSSR count). The quantitative estimate of drug-likeness (QED) is 0.724. The van der Waals surface area contributed by atoms with Crippen molar-refractivity contribution in [3.05, 3.63) is 57.3 Å². The summed E-state index contributed by atoms with van der Waals surface area (Å²) in [5.74, 6) is -1.26. The molecule has 0 saturated carbocycles. The molecular weight excluding hydrogens is 348 g/mol. The van der Waals surface area contributed by atoms with Crippen LogP contribution in [0.2, 0.25) is 5.02 Å². The fourth-order valence-corrected chi connectivity index (χ4v) is 2.55. The number of hydrogen-bond donors (Lipinski definition) is 1. The second kappa shape index (κ2) is 6.98. The van der Waals surface area contributed by atoms with E-state index in [1.807, 2.05) is 19.1 Å². The monoisotopic (exact) mass is 362 g/mol. The third kappa shape index (κ3) is 3.83. The fourth-order valence-electron chi connectivity index (χ4n) is 2.34. The van der Waals surface area contributed by atoms with Gasteiger partial charge in [-0.15, -0.1) is 0 Å². The predicted molar refractivity (Wildman–Crippen MR) is 91.0 cm³/mol. The maximum atomic E-state index is 11.9. The number of rotatable bonds is 6. The predicted octanol–water partition coefficient (Wildman–Crippen LogP) is 3.01. The molecule has 0 atom stereocenters. The zero-order valence-corrected chi connectivity index (χ0v) is 14.1. The lowest BCUT2D eigenvalue weighted by molar-refractivity contribution is -0.137. The molecule has 0 bridgehead atoms. The molecule has 0 aliphatic heterocycles. The van der Waals surface area contributed by atoms with Crippen molar-refractivity contribution in [1.82, 2.24) is 9.55 Å². The Morgan fingerprint density at radius 3 is 2.88 bits per heavy atom. The van der Waals surface area contributed by atoms with Crippen LogP contribution in [0.3, 0.4) is 0 Å². The minimum absolute atomic E-state index is 0.00668. The SMILES string of the molecule is Cc1ccc(COc2cc3oc(=O)n(CCC(=O)O)c3cc2Cl)cn1. The average Bonchev–Trinajstić information content (AvgIpc) is 2.86. The van der Waals surface area contributed by atoms with E-state index in [0.717, 1.165) is 11.3 Å². The van der Waals surface area contributed by atoms with Gasteiger partial charge in [-0.05, 0) is 19.1 Å². The molecule has 0 spiro atoms. The number of pyridine rings is 1. The Morgan fingerprint density at radius 1 is 1.40 bits per heavy atom. The Hall–Kier alpha value is -2.80. The van der Waals surface area contributed by atoms with Gasteiger partial charge in [0.25, 0.3) is 0 Å². The van der Waals surface area contributed by atoms with Crippen molar-refractivity contribution >= 4 is 28.7 Å². The van der Waals surface area contributed by atoms with Gasteiger partial charge in [0.15, 0.2) is 5.58 Å². The molecule has 2 heterocycles. The van der Waals surface area contributed by atoms with Crippen molar-refractivity contribution in [3.63, 3.8) is 0 Å². The summed E-state index contributed by atoms with van der Waals surface area (Å²) in [4.78, 5) is 26.8. The molecule has 0 unspecified atom stereocenters. The van der Waals surface area contributed by atoms with Gasteiger partial charge in [0.05, 0.1) is 17.0 Å². The number of carbonyl (C=O) groups is 1. The van der Waals surface area contributed by atoms with Crippen LogP contribution in [0.4, 0.5) is 0 Å². The summed E-state index contributed by atoms with van der Waals surface area (Å²) in [5.41, 5.74) is 2.51. The van der Waals surface area contributed by atoms with E-state index in [2.05, 4.69) is 4.98 Å². The van der Waals surface area contributed by atoms with Crippen molar-refractivity contribution in [3.8, 4) is 5.75 Å². The molecular formula is C17H15ClN2O5. The van der Waals surface area contributed by atoms with Crippen LogP contribution in [-0.2, 0) is 17.9 Å². The van der Waals surface area contributed by atoms with Gasteiger partial charge in [-0.25, -0.2) is 4.79 Å². The van der Waals surface area contributed by atoms with Crippen LogP contribution in [0.15, 0.2) is 39.7 Å². The minimum atomic E-state index is -1.00. The number of halogens is 1. The summed E-state index contributed by atoms with van der Waals surface area (Å²) in [6, 6.07) is 6.84. The average molecular weight is 363 g/mol. The maximum absolute atomic E-state index is 11.9. The summed E-state index contributed by atoms with van der Waals surface area (Å²) < 4.78 is 12.1.